The molecule has 0 unspecified atom stereocenters. The van der Waals surface area contributed by atoms with Crippen molar-refractivity contribution in [3.05, 3.63) is 64.1 Å². The van der Waals surface area contributed by atoms with Crippen LogP contribution in [-0.4, -0.2) is 18.0 Å². The van der Waals surface area contributed by atoms with E-state index in [0.717, 1.165) is 22.0 Å². The van der Waals surface area contributed by atoms with Crippen LogP contribution in [0, 0.1) is 0 Å². The first kappa shape index (κ1) is 16.9. The van der Waals surface area contributed by atoms with E-state index < -0.39 is 11.8 Å². The van der Waals surface area contributed by atoms with Gasteiger partial charge in [0.05, 0.1) is 6.21 Å². The Kier molecular flexibility index (Phi) is 6.05. The lowest BCUT2D eigenvalue weighted by atomic mass is 10.1. The molecule has 0 aliphatic carbocycles. The lowest BCUT2D eigenvalue weighted by Gasteiger charge is -2.04. The molecule has 5 nitrogen and oxygen atoms in total. The number of aryl methyl sites for hydroxylation is 1. The molecule has 2 rings (SSSR count). The van der Waals surface area contributed by atoms with Crippen molar-refractivity contribution in [2.75, 3.05) is 5.32 Å². The number of amides is 2. The molecule has 23 heavy (non-hydrogen) atoms. The van der Waals surface area contributed by atoms with Crippen molar-refractivity contribution in [2.24, 2.45) is 5.10 Å². The molecule has 2 amide bonds. The largest absolute Gasteiger partial charge is 0.329 e. The van der Waals surface area contributed by atoms with Crippen molar-refractivity contribution in [1.29, 1.82) is 0 Å². The van der Waals surface area contributed by atoms with Crippen molar-refractivity contribution >= 4 is 39.6 Å². The van der Waals surface area contributed by atoms with Crippen LogP contribution in [0.1, 0.15) is 18.1 Å². The van der Waals surface area contributed by atoms with Crippen molar-refractivity contribution < 1.29 is 9.59 Å². The summed E-state index contributed by atoms with van der Waals surface area (Å²) in [5.41, 5.74) is 4.72. The maximum atomic E-state index is 11.8. The lowest BCUT2D eigenvalue weighted by molar-refractivity contribution is -0.136. The average Bonchev–Trinajstić information content (AvgIpc) is 2.55. The zero-order valence-corrected chi connectivity index (χ0v) is 14.1. The summed E-state index contributed by atoms with van der Waals surface area (Å²) in [4.78, 5) is 23.4. The highest BCUT2D eigenvalue weighted by Crippen LogP contribution is 2.10. The van der Waals surface area contributed by atoms with Gasteiger partial charge in [-0.3, -0.25) is 9.59 Å². The Morgan fingerprint density at radius 2 is 1.87 bits per heavy atom. The highest BCUT2D eigenvalue weighted by molar-refractivity contribution is 9.10. The van der Waals surface area contributed by atoms with E-state index in [1.807, 2.05) is 43.3 Å². The number of benzene rings is 2. The number of hydrazone groups is 1. The van der Waals surface area contributed by atoms with Crippen LogP contribution >= 0.6 is 15.9 Å². The van der Waals surface area contributed by atoms with Crippen LogP contribution in [0.15, 0.2) is 58.1 Å². The first-order valence-corrected chi connectivity index (χ1v) is 7.86. The highest BCUT2D eigenvalue weighted by Gasteiger charge is 2.12. The summed E-state index contributed by atoms with van der Waals surface area (Å²) in [6.45, 7) is 2.05. The number of nitrogens with one attached hydrogen (secondary N) is 2. The number of halogens is 1. The van der Waals surface area contributed by atoms with Gasteiger partial charge >= 0.3 is 11.8 Å². The first-order valence-electron chi connectivity index (χ1n) is 7.07. The number of carbonyl (C=O) groups excluding carboxylic acids is 2. The van der Waals surface area contributed by atoms with Gasteiger partial charge in [-0.25, -0.2) is 5.43 Å². The van der Waals surface area contributed by atoms with Gasteiger partial charge in [-0.1, -0.05) is 47.1 Å². The summed E-state index contributed by atoms with van der Waals surface area (Å²) in [7, 11) is 0. The number of rotatable bonds is 4. The van der Waals surface area contributed by atoms with Crippen LogP contribution in [-0.2, 0) is 16.0 Å². The van der Waals surface area contributed by atoms with E-state index in [1.165, 1.54) is 6.21 Å². The van der Waals surface area contributed by atoms with E-state index in [-0.39, 0.29) is 0 Å². The molecule has 0 aliphatic heterocycles. The summed E-state index contributed by atoms with van der Waals surface area (Å²) in [5.74, 6) is -1.59. The van der Waals surface area contributed by atoms with Gasteiger partial charge in [-0.15, -0.1) is 0 Å². The van der Waals surface area contributed by atoms with Crippen molar-refractivity contribution in [1.82, 2.24) is 5.43 Å². The van der Waals surface area contributed by atoms with Crippen molar-refractivity contribution in [2.45, 2.75) is 13.3 Å². The fourth-order valence-electron chi connectivity index (χ4n) is 1.81. The van der Waals surface area contributed by atoms with Gasteiger partial charge in [0.2, 0.25) is 0 Å². The molecule has 0 fully saturated rings. The van der Waals surface area contributed by atoms with Gasteiger partial charge in [0, 0.05) is 10.2 Å². The molecule has 0 spiro atoms. The Morgan fingerprint density at radius 3 is 2.52 bits per heavy atom. The van der Waals surface area contributed by atoms with Crippen LogP contribution in [0.4, 0.5) is 5.69 Å². The van der Waals surface area contributed by atoms with E-state index in [4.69, 9.17) is 0 Å². The standard InChI is InChI=1S/C17H16BrN3O2/c1-2-12-6-8-15(9-7-12)20-16(22)17(23)21-19-11-13-4-3-5-14(18)10-13/h3-11H,2H2,1H3,(H,20,22)(H,21,23). The quantitative estimate of drug-likeness (QED) is 0.491. The normalized spacial score (nSPS) is 10.5. The third-order valence-electron chi connectivity index (χ3n) is 3.05. The van der Waals surface area contributed by atoms with Crippen molar-refractivity contribution in [3.63, 3.8) is 0 Å². The van der Waals surface area contributed by atoms with Crippen molar-refractivity contribution in [3.8, 4) is 0 Å². The van der Waals surface area contributed by atoms with Crippen LogP contribution < -0.4 is 10.7 Å². The fourth-order valence-corrected chi connectivity index (χ4v) is 2.23. The number of nitrogens with zero attached hydrogens (tertiary/aromatic N) is 1. The Labute approximate surface area is 142 Å². The molecule has 2 aromatic rings. The molecule has 0 bridgehead atoms. The third kappa shape index (κ3) is 5.34. The van der Waals surface area contributed by atoms with Crippen LogP contribution in [0.25, 0.3) is 0 Å². The monoisotopic (exact) mass is 373 g/mol. The van der Waals surface area contributed by atoms with Crippen LogP contribution in [0.3, 0.4) is 0 Å². The Bertz CT molecular complexity index is 727. The van der Waals surface area contributed by atoms with E-state index in [1.54, 1.807) is 12.1 Å². The van der Waals surface area contributed by atoms with Gasteiger partial charge in [0.25, 0.3) is 0 Å². The summed E-state index contributed by atoms with van der Waals surface area (Å²) < 4.78 is 0.904. The molecule has 0 heterocycles. The lowest BCUT2D eigenvalue weighted by Crippen LogP contribution is -2.32. The number of hydrogen-bond donors (Lipinski definition) is 2. The summed E-state index contributed by atoms with van der Waals surface area (Å²) in [6, 6.07) is 14.7. The van der Waals surface area contributed by atoms with E-state index in [2.05, 4.69) is 31.8 Å². The van der Waals surface area contributed by atoms with E-state index in [0.29, 0.717) is 5.69 Å². The average molecular weight is 374 g/mol. The number of carbonyl (C=O) groups is 2. The molecule has 6 heteroatoms. The molecule has 0 radical (unpaired) electrons. The molecule has 0 atom stereocenters. The summed E-state index contributed by atoms with van der Waals surface area (Å²) >= 11 is 3.34. The van der Waals surface area contributed by atoms with E-state index in [9.17, 15) is 9.59 Å². The molecule has 0 aliphatic rings. The Morgan fingerprint density at radius 1 is 1.13 bits per heavy atom. The third-order valence-corrected chi connectivity index (χ3v) is 3.55. The molecular formula is C17H16BrN3O2. The zero-order chi connectivity index (χ0) is 16.7. The summed E-state index contributed by atoms with van der Waals surface area (Å²) in [6.07, 6.45) is 2.38. The van der Waals surface area contributed by atoms with Gasteiger partial charge in [-0.2, -0.15) is 5.10 Å². The molecule has 2 N–H and O–H groups in total. The van der Waals surface area contributed by atoms with Crippen LogP contribution in [0.2, 0.25) is 0 Å². The Balaban J connectivity index is 1.88. The van der Waals surface area contributed by atoms with Gasteiger partial charge in [0.15, 0.2) is 0 Å². The topological polar surface area (TPSA) is 70.6 Å². The molecule has 0 aromatic heterocycles. The van der Waals surface area contributed by atoms with Gasteiger partial charge in [0.1, 0.15) is 0 Å². The Hall–Kier alpha value is -2.47. The minimum absolute atomic E-state index is 0.568. The van der Waals surface area contributed by atoms with E-state index >= 15 is 0 Å². The second-order valence-corrected chi connectivity index (χ2v) is 5.67. The highest BCUT2D eigenvalue weighted by atomic mass is 79.9. The predicted molar refractivity (Wildman–Crippen MR) is 94.3 cm³/mol. The smallest absolute Gasteiger partial charge is 0.318 e. The van der Waals surface area contributed by atoms with Crippen LogP contribution in [0.5, 0.6) is 0 Å². The summed E-state index contributed by atoms with van der Waals surface area (Å²) in [5, 5.41) is 6.28. The molecule has 0 saturated heterocycles. The maximum absolute atomic E-state index is 11.8. The fraction of sp³-hybridized carbons (Fsp3) is 0.118. The zero-order valence-electron chi connectivity index (χ0n) is 12.5. The minimum atomic E-state index is -0.823. The van der Waals surface area contributed by atoms with Gasteiger partial charge in [-0.05, 0) is 41.8 Å². The SMILES string of the molecule is CCc1ccc(NC(=O)C(=O)NN=Cc2cccc(Br)c2)cc1. The maximum Gasteiger partial charge on any atom is 0.329 e. The number of hydrogen-bond acceptors (Lipinski definition) is 3. The molecule has 2 aromatic carbocycles. The number of anilines is 1. The van der Waals surface area contributed by atoms with Gasteiger partial charge < -0.3 is 5.32 Å². The predicted octanol–water partition coefficient (Wildman–Crippen LogP) is 3.10. The molecule has 0 saturated carbocycles. The molecule has 118 valence electrons. The molecular weight excluding hydrogens is 358 g/mol. The minimum Gasteiger partial charge on any atom is -0.318 e. The first-order chi connectivity index (χ1) is 11.1. The second kappa shape index (κ2) is 8.24. The second-order valence-electron chi connectivity index (χ2n) is 4.76.